The van der Waals surface area contributed by atoms with Gasteiger partial charge in [-0.25, -0.2) is 9.97 Å². The van der Waals surface area contributed by atoms with Crippen LogP contribution in [-0.2, 0) is 0 Å². The molecule has 0 bridgehead atoms. The summed E-state index contributed by atoms with van der Waals surface area (Å²) in [4.78, 5) is 13.7. The molecule has 1 N–H and O–H groups in total. The van der Waals surface area contributed by atoms with Crippen LogP contribution in [0.5, 0.6) is 5.75 Å². The molecule has 7 nitrogen and oxygen atoms in total. The lowest BCUT2D eigenvalue weighted by molar-refractivity contribution is 0.200. The van der Waals surface area contributed by atoms with Crippen molar-refractivity contribution in [3.05, 3.63) is 30.6 Å². The average molecular weight is 378 g/mol. The fraction of sp³-hybridized carbons (Fsp3) is 0.476. The molecule has 0 spiro atoms. The summed E-state index contributed by atoms with van der Waals surface area (Å²) in [5, 5.41) is 8.68. The van der Waals surface area contributed by atoms with Crippen molar-refractivity contribution < 1.29 is 4.74 Å². The Labute approximate surface area is 164 Å². The number of aromatic nitrogens is 4. The van der Waals surface area contributed by atoms with Crippen molar-refractivity contribution in [2.45, 2.75) is 38.3 Å². The maximum Gasteiger partial charge on any atom is 0.132 e. The summed E-state index contributed by atoms with van der Waals surface area (Å²) in [6, 6.07) is 8.64. The SMILES string of the molecule is C[C@@H]1CN(c2cc(-c3n[nH]c4ccc(OC5(C)CC5)cc34)ncn2)CCN1C. The number of aromatic amines is 1. The summed E-state index contributed by atoms with van der Waals surface area (Å²) in [5.74, 6) is 1.84. The molecule has 1 atom stereocenters. The highest BCUT2D eigenvalue weighted by Gasteiger charge is 2.40. The van der Waals surface area contributed by atoms with Crippen LogP contribution in [0.15, 0.2) is 30.6 Å². The third-order valence-corrected chi connectivity index (χ3v) is 6.03. The number of rotatable bonds is 4. The molecule has 0 radical (unpaired) electrons. The summed E-state index contributed by atoms with van der Waals surface area (Å²) >= 11 is 0. The second kappa shape index (κ2) is 6.44. The molecule has 2 aromatic heterocycles. The van der Waals surface area contributed by atoms with E-state index in [1.54, 1.807) is 6.33 Å². The van der Waals surface area contributed by atoms with Gasteiger partial charge in [-0.2, -0.15) is 5.10 Å². The molecule has 1 aliphatic heterocycles. The van der Waals surface area contributed by atoms with E-state index in [9.17, 15) is 0 Å². The van der Waals surface area contributed by atoms with Gasteiger partial charge in [-0.3, -0.25) is 5.10 Å². The van der Waals surface area contributed by atoms with Crippen LogP contribution >= 0.6 is 0 Å². The normalized spacial score (nSPS) is 21.8. The van der Waals surface area contributed by atoms with E-state index in [2.05, 4.69) is 56.9 Å². The van der Waals surface area contributed by atoms with Crippen LogP contribution in [0.1, 0.15) is 26.7 Å². The Kier molecular flexibility index (Phi) is 4.01. The second-order valence-electron chi connectivity index (χ2n) is 8.37. The van der Waals surface area contributed by atoms with E-state index >= 15 is 0 Å². The maximum absolute atomic E-state index is 6.13. The number of H-pyrrole nitrogens is 1. The average Bonchev–Trinajstić information content (AvgIpc) is 3.26. The Morgan fingerprint density at radius 1 is 1.18 bits per heavy atom. The quantitative estimate of drug-likeness (QED) is 0.752. The number of hydrogen-bond donors (Lipinski definition) is 1. The van der Waals surface area contributed by atoms with Crippen LogP contribution in [-0.4, -0.2) is 63.4 Å². The van der Waals surface area contributed by atoms with Crippen LogP contribution in [0.3, 0.4) is 0 Å². The second-order valence-corrected chi connectivity index (χ2v) is 8.37. The summed E-state index contributed by atoms with van der Waals surface area (Å²) in [7, 11) is 2.17. The number of hydrogen-bond acceptors (Lipinski definition) is 6. The molecule has 0 amide bonds. The first-order valence-corrected chi connectivity index (χ1v) is 9.95. The van der Waals surface area contributed by atoms with E-state index in [-0.39, 0.29) is 5.60 Å². The largest absolute Gasteiger partial charge is 0.488 e. The fourth-order valence-electron chi connectivity index (χ4n) is 3.72. The van der Waals surface area contributed by atoms with Crippen molar-refractivity contribution >= 4 is 16.7 Å². The third kappa shape index (κ3) is 3.20. The molecule has 1 aromatic carbocycles. The standard InChI is InChI=1S/C21H26N6O/c1-14-12-27(9-8-26(14)3)19-11-18(22-13-23-19)20-16-10-15(28-21(2)6-7-21)4-5-17(16)24-25-20/h4-5,10-11,13-14H,6-9,12H2,1-3H3,(H,24,25)/t14-/m1/s1. The smallest absolute Gasteiger partial charge is 0.132 e. The van der Waals surface area contributed by atoms with Gasteiger partial charge in [0.05, 0.1) is 11.2 Å². The lowest BCUT2D eigenvalue weighted by atomic mass is 10.1. The van der Waals surface area contributed by atoms with Crippen molar-refractivity contribution in [1.82, 2.24) is 25.1 Å². The lowest BCUT2D eigenvalue weighted by Crippen LogP contribution is -2.50. The minimum atomic E-state index is -0.00220. The van der Waals surface area contributed by atoms with E-state index < -0.39 is 0 Å². The summed E-state index contributed by atoms with van der Waals surface area (Å²) in [6.45, 7) is 7.36. The molecule has 1 aliphatic carbocycles. The van der Waals surface area contributed by atoms with Crippen LogP contribution in [0.4, 0.5) is 5.82 Å². The van der Waals surface area contributed by atoms with Gasteiger partial charge in [-0.15, -0.1) is 0 Å². The molecule has 1 saturated heterocycles. The minimum absolute atomic E-state index is 0.00220. The molecule has 1 saturated carbocycles. The number of anilines is 1. The lowest BCUT2D eigenvalue weighted by Gasteiger charge is -2.38. The van der Waals surface area contributed by atoms with Crippen molar-refractivity contribution in [2.24, 2.45) is 0 Å². The topological polar surface area (TPSA) is 70.2 Å². The minimum Gasteiger partial charge on any atom is -0.488 e. The van der Waals surface area contributed by atoms with E-state index in [1.807, 2.05) is 18.2 Å². The number of likely N-dealkylation sites (N-methyl/N-ethyl adjacent to an activating group) is 1. The Hall–Kier alpha value is -2.67. The highest BCUT2D eigenvalue weighted by molar-refractivity contribution is 5.93. The van der Waals surface area contributed by atoms with Gasteiger partial charge in [-0.1, -0.05) is 0 Å². The molecule has 3 heterocycles. The Morgan fingerprint density at radius 3 is 2.82 bits per heavy atom. The third-order valence-electron chi connectivity index (χ3n) is 6.03. The van der Waals surface area contributed by atoms with E-state index in [4.69, 9.17) is 4.74 Å². The number of nitrogens with one attached hydrogen (secondary N) is 1. The van der Waals surface area contributed by atoms with Crippen LogP contribution < -0.4 is 9.64 Å². The van der Waals surface area contributed by atoms with Gasteiger partial charge in [0.2, 0.25) is 0 Å². The van der Waals surface area contributed by atoms with Gasteiger partial charge in [0.15, 0.2) is 0 Å². The van der Waals surface area contributed by atoms with Crippen LogP contribution in [0.25, 0.3) is 22.3 Å². The molecular weight excluding hydrogens is 352 g/mol. The monoisotopic (exact) mass is 378 g/mol. The van der Waals surface area contributed by atoms with Gasteiger partial charge in [-0.05, 0) is 51.9 Å². The van der Waals surface area contributed by atoms with Crippen molar-refractivity contribution in [2.75, 3.05) is 31.6 Å². The molecule has 2 aliphatic rings. The number of ether oxygens (including phenoxy) is 1. The molecule has 146 valence electrons. The van der Waals surface area contributed by atoms with Gasteiger partial charge in [0.1, 0.15) is 29.2 Å². The molecule has 2 fully saturated rings. The molecule has 7 heteroatoms. The highest BCUT2D eigenvalue weighted by atomic mass is 16.5. The van der Waals surface area contributed by atoms with Gasteiger partial charge < -0.3 is 14.5 Å². The van der Waals surface area contributed by atoms with Crippen LogP contribution in [0.2, 0.25) is 0 Å². The summed E-state index contributed by atoms with van der Waals surface area (Å²) in [6.07, 6.45) is 3.86. The predicted octanol–water partition coefficient (Wildman–Crippen LogP) is 3.09. The first-order chi connectivity index (χ1) is 13.5. The number of benzene rings is 1. The first kappa shape index (κ1) is 17.4. The van der Waals surface area contributed by atoms with E-state index in [0.717, 1.165) is 66.3 Å². The molecule has 3 aromatic rings. The van der Waals surface area contributed by atoms with Gasteiger partial charge >= 0.3 is 0 Å². The van der Waals surface area contributed by atoms with Gasteiger partial charge in [0, 0.05) is 37.1 Å². The molecule has 28 heavy (non-hydrogen) atoms. The summed E-state index contributed by atoms with van der Waals surface area (Å²) in [5.41, 5.74) is 2.65. The van der Waals surface area contributed by atoms with E-state index in [1.165, 1.54) is 0 Å². The zero-order valence-corrected chi connectivity index (χ0v) is 16.6. The van der Waals surface area contributed by atoms with Crippen molar-refractivity contribution in [3.8, 4) is 17.1 Å². The van der Waals surface area contributed by atoms with Gasteiger partial charge in [0.25, 0.3) is 0 Å². The summed E-state index contributed by atoms with van der Waals surface area (Å²) < 4.78 is 6.13. The number of nitrogens with zero attached hydrogens (tertiary/aromatic N) is 5. The zero-order valence-electron chi connectivity index (χ0n) is 16.6. The molecular formula is C21H26N6O. The number of piperazine rings is 1. The maximum atomic E-state index is 6.13. The van der Waals surface area contributed by atoms with E-state index in [0.29, 0.717) is 6.04 Å². The Balaban J connectivity index is 1.47. The highest BCUT2D eigenvalue weighted by Crippen LogP contribution is 2.40. The predicted molar refractivity (Wildman–Crippen MR) is 110 cm³/mol. The van der Waals surface area contributed by atoms with Crippen molar-refractivity contribution in [1.29, 1.82) is 0 Å². The Morgan fingerprint density at radius 2 is 2.04 bits per heavy atom. The Bertz CT molecular complexity index is 1010. The fourth-order valence-corrected chi connectivity index (χ4v) is 3.72. The van der Waals surface area contributed by atoms with Crippen LogP contribution in [0, 0.1) is 0 Å². The molecule has 5 rings (SSSR count). The zero-order chi connectivity index (χ0) is 19.3. The molecule has 0 unspecified atom stereocenters. The number of fused-ring (bicyclic) bond motifs is 1. The first-order valence-electron chi connectivity index (χ1n) is 9.95. The van der Waals surface area contributed by atoms with Crippen molar-refractivity contribution in [3.63, 3.8) is 0 Å².